The average Bonchev–Trinajstić information content (AvgIpc) is 2.90. The van der Waals surface area contributed by atoms with E-state index in [-0.39, 0.29) is 11.4 Å². The lowest BCUT2D eigenvalue weighted by Gasteiger charge is -2.05. The molecule has 2 aromatic heterocycles. The summed E-state index contributed by atoms with van der Waals surface area (Å²) in [7, 11) is -1.88. The minimum Gasteiger partial charge on any atom is -0.373 e. The van der Waals surface area contributed by atoms with E-state index < -0.39 is 10.0 Å². The van der Waals surface area contributed by atoms with E-state index >= 15 is 0 Å². The lowest BCUT2D eigenvalue weighted by molar-refractivity contribution is 0.579. The van der Waals surface area contributed by atoms with Crippen LogP contribution >= 0.6 is 0 Å². The number of H-pyrrole nitrogens is 1. The predicted octanol–water partition coefficient (Wildman–Crippen LogP) is -0.280. The minimum absolute atomic E-state index is 0.0517. The van der Waals surface area contributed by atoms with Crippen molar-refractivity contribution in [2.24, 2.45) is 0 Å². The maximum atomic E-state index is 11.9. The fraction of sp³-hybridized carbons (Fsp3) is 0.222. The number of nitrogens with one attached hydrogen (secondary N) is 3. The third-order valence-electron chi connectivity index (χ3n) is 2.20. The van der Waals surface area contributed by atoms with Gasteiger partial charge in [0.25, 0.3) is 0 Å². The van der Waals surface area contributed by atoms with Crippen LogP contribution in [0.1, 0.15) is 5.82 Å². The molecule has 0 radical (unpaired) electrons. The number of sulfonamides is 1. The molecule has 8 nitrogen and oxygen atoms in total. The van der Waals surface area contributed by atoms with Gasteiger partial charge in [-0.15, -0.1) is 0 Å². The van der Waals surface area contributed by atoms with E-state index in [0.29, 0.717) is 11.6 Å². The SMILES string of the molecule is CNc1ccc(S(=O)(=O)NCc2ncn[nH]2)cn1. The standard InChI is InChI=1S/C9H12N6O2S/c1-10-8-3-2-7(4-11-8)18(16,17)14-5-9-12-6-13-15-9/h2-4,6,14H,5H2,1H3,(H,10,11)(H,12,13,15). The van der Waals surface area contributed by atoms with Crippen LogP contribution in [0.15, 0.2) is 29.6 Å². The highest BCUT2D eigenvalue weighted by atomic mass is 32.2. The molecule has 0 unspecified atom stereocenters. The van der Waals surface area contributed by atoms with Gasteiger partial charge in [0.2, 0.25) is 10.0 Å². The highest BCUT2D eigenvalue weighted by molar-refractivity contribution is 7.89. The van der Waals surface area contributed by atoms with Gasteiger partial charge in [-0.2, -0.15) is 5.10 Å². The van der Waals surface area contributed by atoms with Crippen LogP contribution in [-0.2, 0) is 16.6 Å². The van der Waals surface area contributed by atoms with Gasteiger partial charge in [0, 0.05) is 13.2 Å². The zero-order valence-electron chi connectivity index (χ0n) is 9.58. The van der Waals surface area contributed by atoms with Crippen molar-refractivity contribution < 1.29 is 8.42 Å². The van der Waals surface area contributed by atoms with Gasteiger partial charge in [-0.1, -0.05) is 0 Å². The summed E-state index contributed by atoms with van der Waals surface area (Å²) in [4.78, 5) is 7.86. The third-order valence-corrected chi connectivity index (χ3v) is 3.58. The summed E-state index contributed by atoms with van der Waals surface area (Å²) in [5.74, 6) is 1.04. The topological polar surface area (TPSA) is 113 Å². The molecule has 0 saturated carbocycles. The number of pyridine rings is 1. The fourth-order valence-electron chi connectivity index (χ4n) is 1.25. The van der Waals surface area contributed by atoms with Crippen molar-refractivity contribution in [2.75, 3.05) is 12.4 Å². The highest BCUT2D eigenvalue weighted by Crippen LogP contribution is 2.10. The summed E-state index contributed by atoms with van der Waals surface area (Å²) in [6, 6.07) is 3.06. The van der Waals surface area contributed by atoms with Crippen molar-refractivity contribution in [3.05, 3.63) is 30.5 Å². The lowest BCUT2D eigenvalue weighted by Crippen LogP contribution is -2.24. The third kappa shape index (κ3) is 2.81. The van der Waals surface area contributed by atoms with Crippen molar-refractivity contribution >= 4 is 15.8 Å². The van der Waals surface area contributed by atoms with E-state index in [4.69, 9.17) is 0 Å². The van der Waals surface area contributed by atoms with Crippen LogP contribution in [0.4, 0.5) is 5.82 Å². The number of hydrogen-bond acceptors (Lipinski definition) is 6. The average molecular weight is 268 g/mol. The van der Waals surface area contributed by atoms with Crippen LogP contribution in [-0.4, -0.2) is 35.6 Å². The molecule has 96 valence electrons. The Kier molecular flexibility index (Phi) is 3.53. The molecule has 0 aliphatic heterocycles. The lowest BCUT2D eigenvalue weighted by atomic mass is 10.5. The van der Waals surface area contributed by atoms with Gasteiger partial charge in [0.05, 0.1) is 6.54 Å². The molecule has 3 N–H and O–H groups in total. The summed E-state index contributed by atoms with van der Waals surface area (Å²) < 4.78 is 26.2. The molecular weight excluding hydrogens is 256 g/mol. The summed E-state index contributed by atoms with van der Waals surface area (Å²) in [6.45, 7) is 0.0517. The monoisotopic (exact) mass is 268 g/mol. The summed E-state index contributed by atoms with van der Waals surface area (Å²) in [6.07, 6.45) is 2.60. The first-order valence-corrected chi connectivity index (χ1v) is 6.58. The second-order valence-electron chi connectivity index (χ2n) is 3.39. The molecule has 2 aromatic rings. The van der Waals surface area contributed by atoms with E-state index in [1.165, 1.54) is 18.6 Å². The van der Waals surface area contributed by atoms with Crippen LogP contribution < -0.4 is 10.0 Å². The Morgan fingerprint density at radius 3 is 2.72 bits per heavy atom. The van der Waals surface area contributed by atoms with Gasteiger partial charge in [-0.05, 0) is 12.1 Å². The van der Waals surface area contributed by atoms with Crippen LogP contribution in [0.2, 0.25) is 0 Å². The molecule has 0 aromatic carbocycles. The minimum atomic E-state index is -3.59. The van der Waals surface area contributed by atoms with Gasteiger partial charge in [-0.3, -0.25) is 5.10 Å². The van der Waals surface area contributed by atoms with Crippen LogP contribution in [0.3, 0.4) is 0 Å². The van der Waals surface area contributed by atoms with Gasteiger partial charge < -0.3 is 5.32 Å². The summed E-state index contributed by atoms with van der Waals surface area (Å²) in [5.41, 5.74) is 0. The number of nitrogens with zero attached hydrogens (tertiary/aromatic N) is 3. The maximum absolute atomic E-state index is 11.9. The van der Waals surface area contributed by atoms with Crippen LogP contribution in [0, 0.1) is 0 Å². The Labute approximate surface area is 104 Å². The molecular formula is C9H12N6O2S. The van der Waals surface area contributed by atoms with Crippen molar-refractivity contribution in [1.82, 2.24) is 24.9 Å². The van der Waals surface area contributed by atoms with Crippen molar-refractivity contribution in [1.29, 1.82) is 0 Å². The fourth-order valence-corrected chi connectivity index (χ4v) is 2.18. The Balaban J connectivity index is 2.09. The van der Waals surface area contributed by atoms with Crippen molar-refractivity contribution in [3.8, 4) is 0 Å². The Morgan fingerprint density at radius 2 is 2.17 bits per heavy atom. The van der Waals surface area contributed by atoms with Gasteiger partial charge in [-0.25, -0.2) is 23.1 Å². The molecule has 0 aliphatic rings. The van der Waals surface area contributed by atoms with Gasteiger partial charge >= 0.3 is 0 Å². The number of aromatic amines is 1. The number of anilines is 1. The zero-order valence-corrected chi connectivity index (χ0v) is 10.4. The molecule has 0 spiro atoms. The quantitative estimate of drug-likeness (QED) is 0.687. The number of hydrogen-bond donors (Lipinski definition) is 3. The van der Waals surface area contributed by atoms with E-state index in [1.807, 2.05) is 0 Å². The molecule has 2 rings (SSSR count). The van der Waals surface area contributed by atoms with Crippen LogP contribution in [0.25, 0.3) is 0 Å². The largest absolute Gasteiger partial charge is 0.373 e. The molecule has 0 fully saturated rings. The summed E-state index contributed by atoms with van der Waals surface area (Å²) in [5, 5.41) is 9.00. The van der Waals surface area contributed by atoms with Crippen molar-refractivity contribution in [2.45, 2.75) is 11.4 Å². The Hall–Kier alpha value is -2.00. The second kappa shape index (κ2) is 5.10. The van der Waals surface area contributed by atoms with Gasteiger partial charge in [0.1, 0.15) is 22.9 Å². The van der Waals surface area contributed by atoms with E-state index in [2.05, 4.69) is 30.2 Å². The molecule has 0 bridgehead atoms. The van der Waals surface area contributed by atoms with E-state index in [0.717, 1.165) is 0 Å². The predicted molar refractivity (Wildman–Crippen MR) is 64.2 cm³/mol. The zero-order chi connectivity index (χ0) is 13.0. The highest BCUT2D eigenvalue weighted by Gasteiger charge is 2.14. The molecule has 0 atom stereocenters. The molecule has 0 aliphatic carbocycles. The first-order chi connectivity index (χ1) is 8.62. The first-order valence-electron chi connectivity index (χ1n) is 5.09. The van der Waals surface area contributed by atoms with Crippen LogP contribution in [0.5, 0.6) is 0 Å². The Morgan fingerprint density at radius 1 is 1.33 bits per heavy atom. The molecule has 0 saturated heterocycles. The second-order valence-corrected chi connectivity index (χ2v) is 5.15. The van der Waals surface area contributed by atoms with E-state index in [1.54, 1.807) is 13.1 Å². The first kappa shape index (κ1) is 12.5. The van der Waals surface area contributed by atoms with E-state index in [9.17, 15) is 8.42 Å². The normalized spacial score (nSPS) is 11.4. The smallest absolute Gasteiger partial charge is 0.242 e. The molecule has 9 heteroatoms. The molecule has 2 heterocycles. The molecule has 18 heavy (non-hydrogen) atoms. The summed E-state index contributed by atoms with van der Waals surface area (Å²) >= 11 is 0. The molecule has 0 amide bonds. The maximum Gasteiger partial charge on any atom is 0.242 e. The van der Waals surface area contributed by atoms with Crippen molar-refractivity contribution in [3.63, 3.8) is 0 Å². The number of aromatic nitrogens is 4. The van der Waals surface area contributed by atoms with Gasteiger partial charge in [0.15, 0.2) is 0 Å². The Bertz CT molecular complexity index is 592. The number of rotatable bonds is 5.